The normalized spacial score (nSPS) is 18.4. The van der Waals surface area contributed by atoms with Crippen molar-refractivity contribution in [2.45, 2.75) is 19.9 Å². The number of piperazine rings is 1. The predicted molar refractivity (Wildman–Crippen MR) is 80.4 cm³/mol. The van der Waals surface area contributed by atoms with E-state index in [0.717, 1.165) is 5.75 Å². The van der Waals surface area contributed by atoms with Crippen LogP contribution < -0.4 is 15.4 Å². The Morgan fingerprint density at radius 1 is 1.38 bits per heavy atom. The number of nitrogens with one attached hydrogen (secondary N) is 2. The van der Waals surface area contributed by atoms with Crippen LogP contribution in [0.4, 0.5) is 10.5 Å². The van der Waals surface area contributed by atoms with Gasteiger partial charge in [-0.05, 0) is 30.2 Å². The van der Waals surface area contributed by atoms with Gasteiger partial charge < -0.3 is 20.3 Å². The largest absolute Gasteiger partial charge is 0.497 e. The molecule has 1 aliphatic rings. The Labute approximate surface area is 124 Å². The summed E-state index contributed by atoms with van der Waals surface area (Å²) in [7, 11) is 1.59. The highest BCUT2D eigenvalue weighted by Gasteiger charge is 2.35. The van der Waals surface area contributed by atoms with Crippen LogP contribution in [0.5, 0.6) is 5.75 Å². The first-order valence-corrected chi connectivity index (χ1v) is 7.02. The second kappa shape index (κ2) is 6.47. The third-order valence-corrected chi connectivity index (χ3v) is 3.49. The number of hydrogen-bond donors (Lipinski definition) is 2. The minimum absolute atomic E-state index is 0.0620. The fraction of sp³-hybridized carbons (Fsp3) is 0.467. The standard InChI is InChI=1S/C15H21N3O3/c1-10(2)13-14(19)16-8-9-18(13)15(20)17-11-4-6-12(21-3)7-5-11/h4-7,10,13H,8-9H2,1-3H3,(H,16,19)(H,17,20). The van der Waals surface area contributed by atoms with Crippen molar-refractivity contribution in [2.75, 3.05) is 25.5 Å². The van der Waals surface area contributed by atoms with Crippen molar-refractivity contribution in [3.8, 4) is 5.75 Å². The highest BCUT2D eigenvalue weighted by Crippen LogP contribution is 2.18. The molecule has 0 spiro atoms. The first-order chi connectivity index (χ1) is 10.0. The van der Waals surface area contributed by atoms with Crippen molar-refractivity contribution >= 4 is 17.6 Å². The average Bonchev–Trinajstić information content (AvgIpc) is 2.47. The molecule has 0 aliphatic carbocycles. The molecule has 0 bridgehead atoms. The lowest BCUT2D eigenvalue weighted by Gasteiger charge is -2.37. The van der Waals surface area contributed by atoms with Gasteiger partial charge >= 0.3 is 6.03 Å². The number of hydrogen-bond acceptors (Lipinski definition) is 3. The van der Waals surface area contributed by atoms with Gasteiger partial charge in [0.05, 0.1) is 7.11 Å². The summed E-state index contributed by atoms with van der Waals surface area (Å²) in [5.74, 6) is 0.693. The molecular weight excluding hydrogens is 270 g/mol. The van der Waals surface area contributed by atoms with Crippen molar-refractivity contribution in [3.05, 3.63) is 24.3 Å². The van der Waals surface area contributed by atoms with Crippen LogP contribution in [0.1, 0.15) is 13.8 Å². The second-order valence-corrected chi connectivity index (χ2v) is 5.33. The van der Waals surface area contributed by atoms with E-state index < -0.39 is 6.04 Å². The van der Waals surface area contributed by atoms with Gasteiger partial charge in [-0.25, -0.2) is 4.79 Å². The number of methoxy groups -OCH3 is 1. The molecule has 0 saturated carbocycles. The van der Waals surface area contributed by atoms with Crippen molar-refractivity contribution in [1.29, 1.82) is 0 Å². The number of ether oxygens (including phenoxy) is 1. The van der Waals surface area contributed by atoms with Crippen molar-refractivity contribution < 1.29 is 14.3 Å². The lowest BCUT2D eigenvalue weighted by Crippen LogP contribution is -2.60. The Kier molecular flexibility index (Phi) is 4.67. The summed E-state index contributed by atoms with van der Waals surface area (Å²) in [6, 6.07) is 6.40. The zero-order chi connectivity index (χ0) is 15.4. The quantitative estimate of drug-likeness (QED) is 0.890. The number of amides is 3. The van der Waals surface area contributed by atoms with Gasteiger partial charge in [-0.15, -0.1) is 0 Å². The summed E-state index contributed by atoms with van der Waals surface area (Å²) >= 11 is 0. The Morgan fingerprint density at radius 3 is 2.62 bits per heavy atom. The molecule has 3 amide bonds. The maximum absolute atomic E-state index is 12.4. The Balaban J connectivity index is 2.08. The molecule has 21 heavy (non-hydrogen) atoms. The lowest BCUT2D eigenvalue weighted by molar-refractivity contribution is -0.129. The molecule has 2 rings (SSSR count). The number of benzene rings is 1. The summed E-state index contributed by atoms with van der Waals surface area (Å²) in [6.07, 6.45) is 0. The zero-order valence-corrected chi connectivity index (χ0v) is 12.6. The highest BCUT2D eigenvalue weighted by molar-refractivity contribution is 5.94. The van der Waals surface area contributed by atoms with Crippen LogP contribution in [0.3, 0.4) is 0 Å². The number of carbonyl (C=O) groups is 2. The first kappa shape index (κ1) is 15.2. The molecule has 1 atom stereocenters. The van der Waals surface area contributed by atoms with E-state index in [9.17, 15) is 9.59 Å². The molecule has 1 aromatic rings. The fourth-order valence-electron chi connectivity index (χ4n) is 2.44. The van der Waals surface area contributed by atoms with Gasteiger partial charge in [0.15, 0.2) is 0 Å². The fourth-order valence-corrected chi connectivity index (χ4v) is 2.44. The van der Waals surface area contributed by atoms with Crippen LogP contribution in [0, 0.1) is 5.92 Å². The smallest absolute Gasteiger partial charge is 0.322 e. The maximum Gasteiger partial charge on any atom is 0.322 e. The summed E-state index contributed by atoms with van der Waals surface area (Å²) < 4.78 is 5.08. The monoisotopic (exact) mass is 291 g/mol. The van der Waals surface area contributed by atoms with Gasteiger partial charge in [0, 0.05) is 18.8 Å². The van der Waals surface area contributed by atoms with E-state index in [-0.39, 0.29) is 17.9 Å². The van der Waals surface area contributed by atoms with Crippen LogP contribution in [0.25, 0.3) is 0 Å². The predicted octanol–water partition coefficient (Wildman–Crippen LogP) is 1.68. The number of carbonyl (C=O) groups excluding carboxylic acids is 2. The molecular formula is C15H21N3O3. The lowest BCUT2D eigenvalue weighted by atomic mass is 10.00. The van der Waals surface area contributed by atoms with Crippen LogP contribution in [-0.2, 0) is 4.79 Å². The highest BCUT2D eigenvalue weighted by atomic mass is 16.5. The third-order valence-electron chi connectivity index (χ3n) is 3.49. The van der Waals surface area contributed by atoms with E-state index in [0.29, 0.717) is 18.8 Å². The van der Waals surface area contributed by atoms with Crippen molar-refractivity contribution in [1.82, 2.24) is 10.2 Å². The summed E-state index contributed by atoms with van der Waals surface area (Å²) in [5, 5.41) is 5.62. The molecule has 2 N–H and O–H groups in total. The maximum atomic E-state index is 12.4. The van der Waals surface area contributed by atoms with Gasteiger partial charge in [0.2, 0.25) is 5.91 Å². The number of anilines is 1. The van der Waals surface area contributed by atoms with Gasteiger partial charge in [-0.3, -0.25) is 4.79 Å². The molecule has 1 saturated heterocycles. The van der Waals surface area contributed by atoms with E-state index in [1.807, 2.05) is 13.8 Å². The summed E-state index contributed by atoms with van der Waals surface area (Å²) in [4.78, 5) is 25.9. The molecule has 1 aromatic carbocycles. The third kappa shape index (κ3) is 3.45. The van der Waals surface area contributed by atoms with Gasteiger partial charge in [0.1, 0.15) is 11.8 Å². The van der Waals surface area contributed by atoms with E-state index in [1.54, 1.807) is 36.3 Å². The van der Waals surface area contributed by atoms with Crippen molar-refractivity contribution in [2.24, 2.45) is 5.92 Å². The molecule has 1 aliphatic heterocycles. The van der Waals surface area contributed by atoms with E-state index in [4.69, 9.17) is 4.74 Å². The number of rotatable bonds is 3. The Morgan fingerprint density at radius 2 is 2.05 bits per heavy atom. The minimum Gasteiger partial charge on any atom is -0.497 e. The number of urea groups is 1. The molecule has 0 aromatic heterocycles. The topological polar surface area (TPSA) is 70.7 Å². The molecule has 1 unspecified atom stereocenters. The molecule has 1 fully saturated rings. The molecule has 6 nitrogen and oxygen atoms in total. The molecule has 1 heterocycles. The van der Waals surface area contributed by atoms with Gasteiger partial charge in [-0.2, -0.15) is 0 Å². The molecule has 114 valence electrons. The Hall–Kier alpha value is -2.24. The molecule has 0 radical (unpaired) electrons. The van der Waals surface area contributed by atoms with Crippen LogP contribution >= 0.6 is 0 Å². The van der Waals surface area contributed by atoms with E-state index >= 15 is 0 Å². The number of nitrogens with zero attached hydrogens (tertiary/aromatic N) is 1. The second-order valence-electron chi connectivity index (χ2n) is 5.33. The SMILES string of the molecule is COc1ccc(NC(=O)N2CCNC(=O)C2C(C)C)cc1. The summed E-state index contributed by atoms with van der Waals surface area (Å²) in [6.45, 7) is 4.86. The van der Waals surface area contributed by atoms with Crippen LogP contribution in [0.15, 0.2) is 24.3 Å². The van der Waals surface area contributed by atoms with Crippen LogP contribution in [0.2, 0.25) is 0 Å². The first-order valence-electron chi connectivity index (χ1n) is 7.02. The van der Waals surface area contributed by atoms with Gasteiger partial charge in [0.25, 0.3) is 0 Å². The molecule has 6 heteroatoms. The Bertz CT molecular complexity index is 513. The average molecular weight is 291 g/mol. The van der Waals surface area contributed by atoms with Gasteiger partial charge in [-0.1, -0.05) is 13.8 Å². The minimum atomic E-state index is -0.433. The summed E-state index contributed by atoms with van der Waals surface area (Å²) in [5.41, 5.74) is 0.675. The van der Waals surface area contributed by atoms with Crippen LogP contribution in [-0.4, -0.2) is 43.1 Å². The van der Waals surface area contributed by atoms with E-state index in [2.05, 4.69) is 10.6 Å². The van der Waals surface area contributed by atoms with E-state index in [1.165, 1.54) is 0 Å². The zero-order valence-electron chi connectivity index (χ0n) is 12.6. The van der Waals surface area contributed by atoms with Crippen molar-refractivity contribution in [3.63, 3.8) is 0 Å².